The van der Waals surface area contributed by atoms with E-state index in [4.69, 9.17) is 4.74 Å². The fourth-order valence-electron chi connectivity index (χ4n) is 2.58. The van der Waals surface area contributed by atoms with Gasteiger partial charge in [0.25, 0.3) is 0 Å². The van der Waals surface area contributed by atoms with Crippen molar-refractivity contribution >= 4 is 6.08 Å². The summed E-state index contributed by atoms with van der Waals surface area (Å²) in [6.45, 7) is 3.96. The zero-order chi connectivity index (χ0) is 19.3. The van der Waals surface area contributed by atoms with Crippen LogP contribution in [0.4, 0.5) is 13.2 Å². The van der Waals surface area contributed by atoms with Gasteiger partial charge in [-0.2, -0.15) is 0 Å². The summed E-state index contributed by atoms with van der Waals surface area (Å²) in [7, 11) is 0. The highest BCUT2D eigenvalue weighted by Gasteiger charge is 2.32. The van der Waals surface area contributed by atoms with Crippen molar-refractivity contribution in [3.63, 3.8) is 0 Å². The first-order valence-electron chi connectivity index (χ1n) is 8.24. The van der Waals surface area contributed by atoms with Gasteiger partial charge in [0.2, 0.25) is 0 Å². The van der Waals surface area contributed by atoms with Gasteiger partial charge >= 0.3 is 6.36 Å². The molecule has 0 heterocycles. The lowest BCUT2D eigenvalue weighted by molar-refractivity contribution is -0.274. The van der Waals surface area contributed by atoms with Crippen LogP contribution in [0.2, 0.25) is 0 Å². The van der Waals surface area contributed by atoms with Crippen LogP contribution in [0.25, 0.3) is 17.2 Å². The van der Waals surface area contributed by atoms with Gasteiger partial charge in [-0.05, 0) is 34.9 Å². The highest BCUT2D eigenvalue weighted by Crippen LogP contribution is 2.32. The Balaban J connectivity index is 1.76. The molecular weight excluding hydrogens is 353 g/mol. The average Bonchev–Trinajstić information content (AvgIpc) is 2.66. The SMILES string of the molecule is C=Cc1ccc(-c2ccc(OCc3ccccc3)cc2)cc1OC(F)(F)F. The van der Waals surface area contributed by atoms with Crippen LogP contribution in [0, 0.1) is 0 Å². The quantitative estimate of drug-likeness (QED) is 0.495. The van der Waals surface area contributed by atoms with Gasteiger partial charge in [0, 0.05) is 5.56 Å². The molecule has 0 bridgehead atoms. The molecule has 3 rings (SSSR count). The Morgan fingerprint density at radius 3 is 2.15 bits per heavy atom. The molecule has 5 heteroatoms. The molecule has 0 aliphatic carbocycles. The predicted octanol–water partition coefficient (Wildman–Crippen LogP) is 6.47. The Labute approximate surface area is 155 Å². The Morgan fingerprint density at radius 1 is 0.852 bits per heavy atom. The first kappa shape index (κ1) is 18.6. The third-order valence-corrected chi connectivity index (χ3v) is 3.90. The summed E-state index contributed by atoms with van der Waals surface area (Å²) in [6, 6.07) is 21.5. The van der Waals surface area contributed by atoms with E-state index in [1.54, 1.807) is 36.4 Å². The molecule has 0 saturated heterocycles. The van der Waals surface area contributed by atoms with Gasteiger partial charge in [-0.25, -0.2) is 0 Å². The van der Waals surface area contributed by atoms with Crippen molar-refractivity contribution in [2.24, 2.45) is 0 Å². The molecule has 0 aliphatic rings. The minimum atomic E-state index is -4.76. The molecule has 0 spiro atoms. The van der Waals surface area contributed by atoms with Gasteiger partial charge in [-0.3, -0.25) is 0 Å². The molecule has 0 radical (unpaired) electrons. The molecular formula is C22H17F3O2. The van der Waals surface area contributed by atoms with E-state index in [-0.39, 0.29) is 11.3 Å². The predicted molar refractivity (Wildman–Crippen MR) is 99.4 cm³/mol. The minimum absolute atomic E-state index is 0.277. The fourth-order valence-corrected chi connectivity index (χ4v) is 2.58. The first-order chi connectivity index (χ1) is 12.9. The van der Waals surface area contributed by atoms with E-state index in [1.165, 1.54) is 12.1 Å². The molecule has 0 amide bonds. The van der Waals surface area contributed by atoms with E-state index in [0.29, 0.717) is 17.9 Å². The van der Waals surface area contributed by atoms with Crippen molar-refractivity contribution in [3.8, 4) is 22.6 Å². The zero-order valence-electron chi connectivity index (χ0n) is 14.4. The summed E-state index contributed by atoms with van der Waals surface area (Å²) in [5.74, 6) is 0.400. The summed E-state index contributed by atoms with van der Waals surface area (Å²) in [4.78, 5) is 0. The summed E-state index contributed by atoms with van der Waals surface area (Å²) in [5, 5.41) is 0. The van der Waals surface area contributed by atoms with Gasteiger partial charge in [0.15, 0.2) is 0 Å². The molecule has 0 atom stereocenters. The summed E-state index contributed by atoms with van der Waals surface area (Å²) in [5.41, 5.74) is 2.69. The zero-order valence-corrected chi connectivity index (χ0v) is 14.4. The third kappa shape index (κ3) is 5.14. The van der Waals surface area contributed by atoms with Crippen molar-refractivity contribution in [2.45, 2.75) is 13.0 Å². The molecule has 27 heavy (non-hydrogen) atoms. The van der Waals surface area contributed by atoms with Crippen molar-refractivity contribution < 1.29 is 22.6 Å². The molecule has 0 fully saturated rings. The van der Waals surface area contributed by atoms with Gasteiger partial charge in [-0.15, -0.1) is 13.2 Å². The maximum atomic E-state index is 12.6. The monoisotopic (exact) mass is 370 g/mol. The fraction of sp³-hybridized carbons (Fsp3) is 0.0909. The number of alkyl halides is 3. The standard InChI is InChI=1S/C22H17F3O2/c1-2-17-8-9-19(14-21(17)27-22(23,24)25)18-10-12-20(13-11-18)26-15-16-6-4-3-5-7-16/h2-14H,1,15H2. The van der Waals surface area contributed by atoms with Crippen LogP contribution in [0.3, 0.4) is 0 Å². The smallest absolute Gasteiger partial charge is 0.489 e. The van der Waals surface area contributed by atoms with Gasteiger partial charge in [0.05, 0.1) is 0 Å². The number of ether oxygens (including phenoxy) is 2. The second-order valence-electron chi connectivity index (χ2n) is 5.80. The molecule has 0 saturated carbocycles. The van der Waals surface area contributed by atoms with Crippen LogP contribution in [-0.4, -0.2) is 6.36 Å². The molecule has 0 aromatic heterocycles. The minimum Gasteiger partial charge on any atom is -0.489 e. The number of hydrogen-bond donors (Lipinski definition) is 0. The maximum Gasteiger partial charge on any atom is 0.573 e. The van der Waals surface area contributed by atoms with E-state index >= 15 is 0 Å². The highest BCUT2D eigenvalue weighted by atomic mass is 19.4. The van der Waals surface area contributed by atoms with E-state index in [2.05, 4.69) is 11.3 Å². The van der Waals surface area contributed by atoms with Crippen LogP contribution in [-0.2, 0) is 6.61 Å². The van der Waals surface area contributed by atoms with Gasteiger partial charge in [-0.1, -0.05) is 67.3 Å². The lowest BCUT2D eigenvalue weighted by atomic mass is 10.0. The normalized spacial score (nSPS) is 11.1. The summed E-state index contributed by atoms with van der Waals surface area (Å²) in [6.07, 6.45) is -3.43. The van der Waals surface area contributed by atoms with Crippen molar-refractivity contribution in [1.29, 1.82) is 0 Å². The third-order valence-electron chi connectivity index (χ3n) is 3.90. The number of hydrogen-bond acceptors (Lipinski definition) is 2. The molecule has 0 aliphatic heterocycles. The second-order valence-corrected chi connectivity index (χ2v) is 5.80. The van der Waals surface area contributed by atoms with Crippen LogP contribution in [0.15, 0.2) is 79.4 Å². The lowest BCUT2D eigenvalue weighted by Gasteiger charge is -2.13. The summed E-state index contributed by atoms with van der Waals surface area (Å²) < 4.78 is 47.6. The van der Waals surface area contributed by atoms with Crippen LogP contribution in [0.1, 0.15) is 11.1 Å². The molecule has 3 aromatic rings. The summed E-state index contributed by atoms with van der Waals surface area (Å²) >= 11 is 0. The van der Waals surface area contributed by atoms with Crippen molar-refractivity contribution in [3.05, 3.63) is 90.5 Å². The molecule has 0 N–H and O–H groups in total. The first-order valence-corrected chi connectivity index (χ1v) is 8.24. The largest absolute Gasteiger partial charge is 0.573 e. The lowest BCUT2D eigenvalue weighted by Crippen LogP contribution is -2.17. The van der Waals surface area contributed by atoms with Crippen LogP contribution in [0.5, 0.6) is 11.5 Å². The molecule has 0 unspecified atom stereocenters. The van der Waals surface area contributed by atoms with Crippen molar-refractivity contribution in [1.82, 2.24) is 0 Å². The number of benzene rings is 3. The van der Waals surface area contributed by atoms with Crippen molar-refractivity contribution in [2.75, 3.05) is 0 Å². The maximum absolute atomic E-state index is 12.6. The molecule has 3 aromatic carbocycles. The molecule has 138 valence electrons. The average molecular weight is 370 g/mol. The second kappa shape index (κ2) is 7.99. The Bertz CT molecular complexity index is 901. The number of rotatable bonds is 6. The van der Waals surface area contributed by atoms with E-state index < -0.39 is 6.36 Å². The van der Waals surface area contributed by atoms with E-state index in [0.717, 1.165) is 11.1 Å². The van der Waals surface area contributed by atoms with Gasteiger partial charge in [0.1, 0.15) is 18.1 Å². The van der Waals surface area contributed by atoms with Gasteiger partial charge < -0.3 is 9.47 Å². The van der Waals surface area contributed by atoms with E-state index in [9.17, 15) is 13.2 Å². The Morgan fingerprint density at radius 2 is 1.52 bits per heavy atom. The highest BCUT2D eigenvalue weighted by molar-refractivity contribution is 5.70. The van der Waals surface area contributed by atoms with Crippen LogP contribution >= 0.6 is 0 Å². The topological polar surface area (TPSA) is 18.5 Å². The number of halogens is 3. The Hall–Kier alpha value is -3.21. The Kier molecular flexibility index (Phi) is 5.50. The molecule has 2 nitrogen and oxygen atoms in total. The van der Waals surface area contributed by atoms with E-state index in [1.807, 2.05) is 30.3 Å². The van der Waals surface area contributed by atoms with Crippen LogP contribution < -0.4 is 9.47 Å².